The van der Waals surface area contributed by atoms with Gasteiger partial charge in [0.2, 0.25) is 0 Å². The molecule has 1 aliphatic rings. The largest absolute Gasteiger partial charge is 0.391 e. The molecule has 0 aromatic carbocycles. The van der Waals surface area contributed by atoms with Crippen LogP contribution in [0.4, 0.5) is 0 Å². The zero-order chi connectivity index (χ0) is 11.7. The van der Waals surface area contributed by atoms with Crippen LogP contribution in [0.5, 0.6) is 0 Å². The highest BCUT2D eigenvalue weighted by molar-refractivity contribution is 5.04. The quantitative estimate of drug-likeness (QED) is 0.780. The molecule has 1 aliphatic carbocycles. The Bertz CT molecular complexity index is 439. The molecule has 4 heteroatoms. The van der Waals surface area contributed by atoms with E-state index in [1.807, 2.05) is 13.8 Å². The molecule has 0 bridgehead atoms. The number of aliphatic hydroxyl groups is 1. The minimum atomic E-state index is -0.408. The summed E-state index contributed by atoms with van der Waals surface area (Å²) >= 11 is 0. The maximum Gasteiger partial charge on any atom is 0.254 e. The van der Waals surface area contributed by atoms with E-state index in [4.69, 9.17) is 0 Å². The van der Waals surface area contributed by atoms with Crippen LogP contribution in [-0.2, 0) is 0 Å². The predicted molar refractivity (Wildman–Crippen MR) is 61.5 cm³/mol. The Morgan fingerprint density at radius 3 is 2.69 bits per heavy atom. The van der Waals surface area contributed by atoms with Crippen molar-refractivity contribution in [3.8, 4) is 0 Å². The molecule has 0 amide bonds. The molecule has 16 heavy (non-hydrogen) atoms. The number of aromatic nitrogens is 2. The van der Waals surface area contributed by atoms with Crippen molar-refractivity contribution >= 4 is 0 Å². The van der Waals surface area contributed by atoms with Gasteiger partial charge in [0.25, 0.3) is 5.56 Å². The van der Waals surface area contributed by atoms with Gasteiger partial charge in [-0.15, -0.1) is 0 Å². The van der Waals surface area contributed by atoms with Crippen LogP contribution in [0, 0.1) is 13.8 Å². The molecule has 0 aliphatic heterocycles. The number of nitrogens with zero attached hydrogens (tertiary/aromatic N) is 2. The van der Waals surface area contributed by atoms with Crippen LogP contribution in [0.1, 0.15) is 43.2 Å². The van der Waals surface area contributed by atoms with Gasteiger partial charge in [-0.25, -0.2) is 4.98 Å². The van der Waals surface area contributed by atoms with Crippen LogP contribution in [0.3, 0.4) is 0 Å². The first-order valence-electron chi connectivity index (χ1n) is 5.84. The molecule has 1 aromatic heterocycles. The van der Waals surface area contributed by atoms with Gasteiger partial charge in [-0.05, 0) is 26.7 Å². The van der Waals surface area contributed by atoms with Gasteiger partial charge in [-0.1, -0.05) is 12.8 Å². The summed E-state index contributed by atoms with van der Waals surface area (Å²) in [6.07, 6.45) is 3.36. The molecule has 88 valence electrons. The summed E-state index contributed by atoms with van der Waals surface area (Å²) in [6.45, 7) is 3.64. The van der Waals surface area contributed by atoms with Gasteiger partial charge in [0, 0.05) is 11.8 Å². The van der Waals surface area contributed by atoms with E-state index < -0.39 is 6.10 Å². The van der Waals surface area contributed by atoms with Crippen molar-refractivity contribution in [1.82, 2.24) is 9.55 Å². The van der Waals surface area contributed by atoms with E-state index in [-0.39, 0.29) is 11.6 Å². The van der Waals surface area contributed by atoms with E-state index in [1.165, 1.54) is 6.07 Å². The molecular formula is C12H18N2O2. The summed E-state index contributed by atoms with van der Waals surface area (Å²) in [5.74, 6) is 0.705. The maximum absolute atomic E-state index is 11.9. The Morgan fingerprint density at radius 2 is 2.06 bits per heavy atom. The van der Waals surface area contributed by atoms with E-state index in [1.54, 1.807) is 4.57 Å². The molecular weight excluding hydrogens is 204 g/mol. The van der Waals surface area contributed by atoms with Crippen LogP contribution in [0.25, 0.3) is 0 Å². The van der Waals surface area contributed by atoms with Gasteiger partial charge in [-0.3, -0.25) is 9.36 Å². The van der Waals surface area contributed by atoms with Crippen molar-refractivity contribution < 1.29 is 5.11 Å². The summed E-state index contributed by atoms with van der Waals surface area (Å²) in [5, 5.41) is 9.95. The smallest absolute Gasteiger partial charge is 0.254 e. The van der Waals surface area contributed by atoms with Crippen LogP contribution >= 0.6 is 0 Å². The Balaban J connectivity index is 2.43. The Morgan fingerprint density at radius 1 is 1.38 bits per heavy atom. The maximum atomic E-state index is 11.9. The summed E-state index contributed by atoms with van der Waals surface area (Å²) in [5.41, 5.74) is 0.694. The monoisotopic (exact) mass is 222 g/mol. The highest BCUT2D eigenvalue weighted by atomic mass is 16.3. The standard InChI is InChI=1S/C12H18N2O2/c1-8-7-12(16)14(9(2)13-8)10-5-3-4-6-11(10)15/h7,10-11,15H,3-6H2,1-2H3. The number of aryl methyl sites for hydroxylation is 2. The molecule has 1 aromatic rings. The summed E-state index contributed by atoms with van der Waals surface area (Å²) in [6, 6.07) is 1.45. The zero-order valence-corrected chi connectivity index (χ0v) is 9.81. The average Bonchev–Trinajstić information content (AvgIpc) is 2.19. The van der Waals surface area contributed by atoms with Gasteiger partial charge in [0.15, 0.2) is 0 Å². The van der Waals surface area contributed by atoms with Crippen molar-refractivity contribution in [1.29, 1.82) is 0 Å². The molecule has 2 atom stereocenters. The highest BCUT2D eigenvalue weighted by Crippen LogP contribution is 2.28. The number of hydrogen-bond acceptors (Lipinski definition) is 3. The SMILES string of the molecule is Cc1cc(=O)n(C2CCCCC2O)c(C)n1. The molecule has 1 saturated carbocycles. The van der Waals surface area contributed by atoms with Crippen LogP contribution in [0.15, 0.2) is 10.9 Å². The van der Waals surface area contributed by atoms with Crippen LogP contribution in [-0.4, -0.2) is 20.8 Å². The Hall–Kier alpha value is -1.16. The first kappa shape index (κ1) is 11.3. The minimum Gasteiger partial charge on any atom is -0.391 e. The first-order chi connectivity index (χ1) is 7.59. The molecule has 4 nitrogen and oxygen atoms in total. The van der Waals surface area contributed by atoms with Crippen LogP contribution in [0.2, 0.25) is 0 Å². The predicted octanol–water partition coefficient (Wildman–Crippen LogP) is 1.34. The highest BCUT2D eigenvalue weighted by Gasteiger charge is 2.26. The topological polar surface area (TPSA) is 55.1 Å². The summed E-state index contributed by atoms with van der Waals surface area (Å²) in [4.78, 5) is 16.2. The third-order valence-electron chi connectivity index (χ3n) is 3.28. The second-order valence-electron chi connectivity index (χ2n) is 4.57. The third kappa shape index (κ3) is 2.02. The van der Waals surface area contributed by atoms with E-state index in [0.29, 0.717) is 5.82 Å². The van der Waals surface area contributed by atoms with Gasteiger partial charge in [-0.2, -0.15) is 0 Å². The van der Waals surface area contributed by atoms with Crippen molar-refractivity contribution in [3.63, 3.8) is 0 Å². The molecule has 2 unspecified atom stereocenters. The molecule has 1 fully saturated rings. The van der Waals surface area contributed by atoms with Crippen molar-refractivity contribution in [2.45, 2.75) is 51.7 Å². The fraction of sp³-hybridized carbons (Fsp3) is 0.667. The lowest BCUT2D eigenvalue weighted by atomic mass is 9.92. The van der Waals surface area contributed by atoms with Gasteiger partial charge < -0.3 is 5.11 Å². The summed E-state index contributed by atoms with van der Waals surface area (Å²) in [7, 11) is 0. The average molecular weight is 222 g/mol. The third-order valence-corrected chi connectivity index (χ3v) is 3.28. The zero-order valence-electron chi connectivity index (χ0n) is 9.81. The molecule has 0 saturated heterocycles. The van der Waals surface area contributed by atoms with E-state index in [9.17, 15) is 9.90 Å². The van der Waals surface area contributed by atoms with E-state index in [0.717, 1.165) is 31.4 Å². The van der Waals surface area contributed by atoms with Gasteiger partial charge >= 0.3 is 0 Å². The number of hydrogen-bond donors (Lipinski definition) is 1. The van der Waals surface area contributed by atoms with E-state index in [2.05, 4.69) is 4.98 Å². The Kier molecular flexibility index (Phi) is 3.10. The normalized spacial score (nSPS) is 25.7. The van der Waals surface area contributed by atoms with Crippen LogP contribution < -0.4 is 5.56 Å². The number of rotatable bonds is 1. The molecule has 2 rings (SSSR count). The van der Waals surface area contributed by atoms with Crippen molar-refractivity contribution in [3.05, 3.63) is 27.9 Å². The molecule has 0 radical (unpaired) electrons. The fourth-order valence-corrected chi connectivity index (χ4v) is 2.55. The Labute approximate surface area is 95.0 Å². The van der Waals surface area contributed by atoms with Crippen molar-refractivity contribution in [2.75, 3.05) is 0 Å². The second kappa shape index (κ2) is 4.37. The first-order valence-corrected chi connectivity index (χ1v) is 5.84. The van der Waals surface area contributed by atoms with E-state index >= 15 is 0 Å². The van der Waals surface area contributed by atoms with Gasteiger partial charge in [0.1, 0.15) is 5.82 Å². The van der Waals surface area contributed by atoms with Crippen molar-refractivity contribution in [2.24, 2.45) is 0 Å². The molecule has 0 spiro atoms. The molecule has 1 heterocycles. The molecule has 1 N–H and O–H groups in total. The fourth-order valence-electron chi connectivity index (χ4n) is 2.55. The lowest BCUT2D eigenvalue weighted by Gasteiger charge is -2.30. The number of aliphatic hydroxyl groups excluding tert-OH is 1. The lowest BCUT2D eigenvalue weighted by Crippen LogP contribution is -2.36. The summed E-state index contributed by atoms with van der Waals surface area (Å²) < 4.78 is 1.65. The van der Waals surface area contributed by atoms with Gasteiger partial charge in [0.05, 0.1) is 12.1 Å². The minimum absolute atomic E-state index is 0.0454. The lowest BCUT2D eigenvalue weighted by molar-refractivity contribution is 0.0720. The second-order valence-corrected chi connectivity index (χ2v) is 4.57.